The monoisotopic (exact) mass is 394 g/mol. The van der Waals surface area contributed by atoms with E-state index in [-0.39, 0.29) is 11.8 Å². The van der Waals surface area contributed by atoms with Crippen LogP contribution in [0.15, 0.2) is 40.2 Å². The van der Waals surface area contributed by atoms with Crippen LogP contribution in [0.5, 0.6) is 0 Å². The van der Waals surface area contributed by atoms with E-state index in [1.54, 1.807) is 43.6 Å². The Kier molecular flexibility index (Phi) is 6.36. The van der Waals surface area contributed by atoms with Crippen LogP contribution in [-0.4, -0.2) is 30.8 Å². The Morgan fingerprint density at radius 1 is 1.17 bits per heavy atom. The quantitative estimate of drug-likeness (QED) is 0.798. The average molecular weight is 395 g/mol. The van der Waals surface area contributed by atoms with Gasteiger partial charge < -0.3 is 10.2 Å². The number of aryl methyl sites for hydroxylation is 1. The number of carbonyl (C=O) groups is 2. The molecule has 0 radical (unpaired) electrons. The van der Waals surface area contributed by atoms with E-state index in [4.69, 9.17) is 0 Å². The van der Waals surface area contributed by atoms with Gasteiger partial charge in [-0.25, -0.2) is 0 Å². The Bertz CT molecular complexity index is 697. The summed E-state index contributed by atoms with van der Waals surface area (Å²) in [6.45, 7) is 0. The summed E-state index contributed by atoms with van der Waals surface area (Å²) in [5.74, 6) is -0.191. The lowest BCUT2D eigenvalue weighted by Gasteiger charge is -2.14. The Balaban J connectivity index is 1.91. The molecular weight excluding hydrogens is 376 g/mol. The van der Waals surface area contributed by atoms with Crippen molar-refractivity contribution < 1.29 is 9.59 Å². The van der Waals surface area contributed by atoms with Crippen LogP contribution in [0.1, 0.15) is 28.1 Å². The third-order valence-corrected chi connectivity index (χ3v) is 4.98. The van der Waals surface area contributed by atoms with Gasteiger partial charge in [-0.15, -0.1) is 11.3 Å². The molecule has 0 aliphatic carbocycles. The van der Waals surface area contributed by atoms with Gasteiger partial charge >= 0.3 is 0 Å². The maximum absolute atomic E-state index is 12.1. The van der Waals surface area contributed by atoms with E-state index in [9.17, 15) is 9.59 Å². The molecule has 122 valence electrons. The predicted octanol–water partition coefficient (Wildman–Crippen LogP) is 4.17. The van der Waals surface area contributed by atoms with Crippen molar-refractivity contribution in [2.45, 2.75) is 19.3 Å². The first-order valence-electron chi connectivity index (χ1n) is 7.32. The number of nitrogens with zero attached hydrogens (tertiary/aromatic N) is 1. The summed E-state index contributed by atoms with van der Waals surface area (Å²) in [7, 11) is 3.39. The van der Waals surface area contributed by atoms with Crippen molar-refractivity contribution in [3.8, 4) is 0 Å². The van der Waals surface area contributed by atoms with Crippen LogP contribution in [0.4, 0.5) is 5.69 Å². The number of anilines is 1. The van der Waals surface area contributed by atoms with Gasteiger partial charge in [-0.1, -0.05) is 12.1 Å². The molecule has 0 saturated carbocycles. The van der Waals surface area contributed by atoms with E-state index < -0.39 is 0 Å². The number of carbonyl (C=O) groups excluding carboxylic acids is 2. The molecule has 4 nitrogen and oxygen atoms in total. The molecule has 1 aromatic carbocycles. The molecular formula is C17H19BrN2O2S. The van der Waals surface area contributed by atoms with Gasteiger partial charge in [-0.05, 0) is 53.0 Å². The smallest absolute Gasteiger partial charge is 0.255 e. The van der Waals surface area contributed by atoms with Crippen molar-refractivity contribution in [1.82, 2.24) is 4.90 Å². The maximum atomic E-state index is 12.1. The summed E-state index contributed by atoms with van der Waals surface area (Å²) in [6.07, 6.45) is 2.09. The van der Waals surface area contributed by atoms with Crippen LogP contribution in [0.3, 0.4) is 0 Å². The highest BCUT2D eigenvalue weighted by molar-refractivity contribution is 9.11. The molecule has 0 bridgehead atoms. The highest BCUT2D eigenvalue weighted by Crippen LogP contribution is 2.23. The molecule has 0 aliphatic heterocycles. The average Bonchev–Trinajstić information content (AvgIpc) is 2.92. The van der Waals surface area contributed by atoms with Gasteiger partial charge in [0.1, 0.15) is 0 Å². The lowest BCUT2D eigenvalue weighted by Crippen LogP contribution is -2.24. The van der Waals surface area contributed by atoms with Crippen molar-refractivity contribution in [2.75, 3.05) is 19.4 Å². The van der Waals surface area contributed by atoms with E-state index in [1.165, 1.54) is 9.78 Å². The summed E-state index contributed by atoms with van der Waals surface area (Å²) < 4.78 is 1.10. The first-order chi connectivity index (χ1) is 11.0. The molecule has 0 fully saturated rings. The highest BCUT2D eigenvalue weighted by atomic mass is 79.9. The fraction of sp³-hybridized carbons (Fsp3) is 0.294. The molecule has 0 unspecified atom stereocenters. The van der Waals surface area contributed by atoms with Crippen LogP contribution in [-0.2, 0) is 11.2 Å². The summed E-state index contributed by atoms with van der Waals surface area (Å²) in [6, 6.07) is 11.2. The van der Waals surface area contributed by atoms with Crippen LogP contribution in [0.25, 0.3) is 0 Å². The first kappa shape index (κ1) is 17.7. The number of para-hydroxylation sites is 1. The normalized spacial score (nSPS) is 10.4. The predicted molar refractivity (Wildman–Crippen MR) is 98.0 cm³/mol. The van der Waals surface area contributed by atoms with Gasteiger partial charge in [-0.3, -0.25) is 9.59 Å². The third-order valence-electron chi connectivity index (χ3n) is 3.29. The van der Waals surface area contributed by atoms with Gasteiger partial charge in [0.2, 0.25) is 5.91 Å². The number of thiophene rings is 1. The zero-order chi connectivity index (χ0) is 16.8. The highest BCUT2D eigenvalue weighted by Gasteiger charge is 2.14. The summed E-state index contributed by atoms with van der Waals surface area (Å²) >= 11 is 5.12. The van der Waals surface area contributed by atoms with Gasteiger partial charge in [0.15, 0.2) is 0 Å². The van der Waals surface area contributed by atoms with Crippen molar-refractivity contribution >= 4 is 44.8 Å². The van der Waals surface area contributed by atoms with Crippen molar-refractivity contribution in [3.05, 3.63) is 50.6 Å². The standard InChI is InChI=1S/C17H19BrN2O2S/c1-20(2)17(22)13-7-3-4-8-14(13)19-16(21)9-5-6-12-10-11-15(18)23-12/h3-4,7-8,10-11H,5-6,9H2,1-2H3,(H,19,21). The van der Waals surface area contributed by atoms with Crippen molar-refractivity contribution in [1.29, 1.82) is 0 Å². The van der Waals surface area contributed by atoms with E-state index in [1.807, 2.05) is 12.1 Å². The Hall–Kier alpha value is -1.66. The second-order valence-electron chi connectivity index (χ2n) is 5.35. The van der Waals surface area contributed by atoms with Crippen LogP contribution in [0.2, 0.25) is 0 Å². The maximum Gasteiger partial charge on any atom is 0.255 e. The molecule has 2 aromatic rings. The molecule has 2 rings (SSSR count). The minimum absolute atomic E-state index is 0.0698. The Labute approximate surface area is 148 Å². The molecule has 2 amide bonds. The molecule has 0 spiro atoms. The summed E-state index contributed by atoms with van der Waals surface area (Å²) in [5, 5.41) is 2.85. The molecule has 1 aromatic heterocycles. The number of halogens is 1. The van der Waals surface area contributed by atoms with Crippen LogP contribution >= 0.6 is 27.3 Å². The zero-order valence-electron chi connectivity index (χ0n) is 13.1. The fourth-order valence-corrected chi connectivity index (χ4v) is 3.67. The largest absolute Gasteiger partial charge is 0.345 e. The summed E-state index contributed by atoms with van der Waals surface area (Å²) in [4.78, 5) is 27.0. The lowest BCUT2D eigenvalue weighted by atomic mass is 10.1. The topological polar surface area (TPSA) is 49.4 Å². The second-order valence-corrected chi connectivity index (χ2v) is 7.90. The SMILES string of the molecule is CN(C)C(=O)c1ccccc1NC(=O)CCCc1ccc(Br)s1. The number of hydrogen-bond acceptors (Lipinski definition) is 3. The first-order valence-corrected chi connectivity index (χ1v) is 8.93. The molecule has 0 aliphatic rings. The molecule has 1 heterocycles. The van der Waals surface area contributed by atoms with E-state index in [0.29, 0.717) is 17.7 Å². The minimum Gasteiger partial charge on any atom is -0.345 e. The molecule has 0 saturated heterocycles. The molecule has 1 N–H and O–H groups in total. The minimum atomic E-state index is -0.121. The third kappa shape index (κ3) is 5.18. The molecule has 0 atom stereocenters. The molecule has 23 heavy (non-hydrogen) atoms. The van der Waals surface area contributed by atoms with E-state index >= 15 is 0 Å². The van der Waals surface area contributed by atoms with Crippen LogP contribution in [0, 0.1) is 0 Å². The Morgan fingerprint density at radius 3 is 2.57 bits per heavy atom. The van der Waals surface area contributed by atoms with Gasteiger partial charge in [0.25, 0.3) is 5.91 Å². The number of hydrogen-bond donors (Lipinski definition) is 1. The number of rotatable bonds is 6. The van der Waals surface area contributed by atoms with Gasteiger partial charge in [0.05, 0.1) is 15.0 Å². The summed E-state index contributed by atoms with van der Waals surface area (Å²) in [5.41, 5.74) is 1.07. The molecule has 6 heteroatoms. The zero-order valence-corrected chi connectivity index (χ0v) is 15.5. The van der Waals surface area contributed by atoms with E-state index in [2.05, 4.69) is 27.3 Å². The van der Waals surface area contributed by atoms with Crippen LogP contribution < -0.4 is 5.32 Å². The van der Waals surface area contributed by atoms with E-state index in [0.717, 1.165) is 16.6 Å². The van der Waals surface area contributed by atoms with Gasteiger partial charge in [-0.2, -0.15) is 0 Å². The van der Waals surface area contributed by atoms with Crippen molar-refractivity contribution in [2.24, 2.45) is 0 Å². The van der Waals surface area contributed by atoms with Gasteiger partial charge in [0, 0.05) is 25.4 Å². The second kappa shape index (κ2) is 8.26. The number of nitrogens with one attached hydrogen (secondary N) is 1. The number of amides is 2. The Morgan fingerprint density at radius 2 is 1.91 bits per heavy atom. The number of benzene rings is 1. The fourth-order valence-electron chi connectivity index (χ4n) is 2.14. The lowest BCUT2D eigenvalue weighted by molar-refractivity contribution is -0.116. The van der Waals surface area contributed by atoms with Crippen molar-refractivity contribution in [3.63, 3.8) is 0 Å².